The molecule has 1 aliphatic rings. The molecule has 2 heterocycles. The molecular formula is C11H18N4O2S. The van der Waals surface area contributed by atoms with Crippen LogP contribution in [0.5, 0.6) is 0 Å². The highest BCUT2D eigenvalue weighted by atomic mass is 32.1. The average Bonchev–Trinajstić information content (AvgIpc) is 2.87. The van der Waals surface area contributed by atoms with E-state index in [0.29, 0.717) is 5.69 Å². The van der Waals surface area contributed by atoms with Crippen LogP contribution >= 0.6 is 11.3 Å². The molecule has 6 nitrogen and oxygen atoms in total. The number of nitrogens with one attached hydrogen (secondary N) is 1. The lowest BCUT2D eigenvalue weighted by molar-refractivity contribution is -0.0760. The molecule has 100 valence electrons. The number of hydroxylamine groups is 2. The first kappa shape index (κ1) is 13.4. The molecule has 0 bridgehead atoms. The van der Waals surface area contributed by atoms with E-state index in [1.54, 1.807) is 12.4 Å². The van der Waals surface area contributed by atoms with Crippen molar-refractivity contribution in [3.63, 3.8) is 0 Å². The fraction of sp³-hybridized carbons (Fsp3) is 0.636. The van der Waals surface area contributed by atoms with Crippen LogP contribution in [0, 0.1) is 0 Å². The number of carbonyl (C=O) groups excluding carboxylic acids is 1. The molecule has 0 aliphatic carbocycles. The molecular weight excluding hydrogens is 252 g/mol. The van der Waals surface area contributed by atoms with Crippen LogP contribution < -0.4 is 5.32 Å². The predicted molar refractivity (Wildman–Crippen MR) is 69.5 cm³/mol. The van der Waals surface area contributed by atoms with Gasteiger partial charge in [0.05, 0.1) is 13.2 Å². The summed E-state index contributed by atoms with van der Waals surface area (Å²) in [5.74, 6) is -0.216. The summed E-state index contributed by atoms with van der Waals surface area (Å²) in [5, 5.41) is 7.28. The second-order valence-electron chi connectivity index (χ2n) is 4.26. The fourth-order valence-corrected chi connectivity index (χ4v) is 2.82. The Kier molecular flexibility index (Phi) is 4.28. The van der Waals surface area contributed by atoms with Gasteiger partial charge < -0.3 is 5.32 Å². The fourth-order valence-electron chi connectivity index (χ4n) is 1.86. The molecule has 0 radical (unpaired) electrons. The van der Waals surface area contributed by atoms with Crippen LogP contribution in [0.25, 0.3) is 0 Å². The largest absolute Gasteiger partial charge is 0.313 e. The third-order valence-electron chi connectivity index (χ3n) is 3.10. The molecule has 1 aromatic heterocycles. The maximum Gasteiger partial charge on any atom is 0.296 e. The van der Waals surface area contributed by atoms with Crippen molar-refractivity contribution in [2.24, 2.45) is 0 Å². The number of hydrogen-bond acceptors (Lipinski definition) is 6. The third kappa shape index (κ3) is 2.69. The minimum atomic E-state index is -0.216. The number of aromatic nitrogens is 1. The molecule has 1 fully saturated rings. The van der Waals surface area contributed by atoms with Gasteiger partial charge in [-0.3, -0.25) is 14.5 Å². The van der Waals surface area contributed by atoms with Gasteiger partial charge in [-0.25, -0.2) is 10.0 Å². The van der Waals surface area contributed by atoms with E-state index in [1.807, 2.05) is 0 Å². The third-order valence-corrected chi connectivity index (χ3v) is 4.04. The van der Waals surface area contributed by atoms with Gasteiger partial charge in [0.2, 0.25) is 0 Å². The van der Waals surface area contributed by atoms with Gasteiger partial charge >= 0.3 is 0 Å². The number of carbonyl (C=O) groups is 1. The van der Waals surface area contributed by atoms with Crippen LogP contribution in [0.2, 0.25) is 0 Å². The first-order valence-electron chi connectivity index (χ1n) is 5.82. The molecule has 1 N–H and O–H groups in total. The number of nitrogens with zero attached hydrogens (tertiary/aromatic N) is 3. The van der Waals surface area contributed by atoms with Crippen molar-refractivity contribution >= 4 is 17.2 Å². The van der Waals surface area contributed by atoms with Gasteiger partial charge in [0.15, 0.2) is 0 Å². The van der Waals surface area contributed by atoms with Crippen molar-refractivity contribution in [2.75, 3.05) is 40.8 Å². The van der Waals surface area contributed by atoms with Crippen molar-refractivity contribution in [3.8, 4) is 0 Å². The highest BCUT2D eigenvalue weighted by molar-refractivity contribution is 7.09. The summed E-state index contributed by atoms with van der Waals surface area (Å²) in [6.07, 6.45) is 0. The SMILES string of the molecule is CON(C)C(=O)c1csc(C2CNCCN2C)n1. The Bertz CT molecular complexity index is 423. The van der Waals surface area contributed by atoms with E-state index in [4.69, 9.17) is 4.84 Å². The molecule has 7 heteroatoms. The second-order valence-corrected chi connectivity index (χ2v) is 5.15. The zero-order chi connectivity index (χ0) is 13.1. The Labute approximate surface area is 111 Å². The van der Waals surface area contributed by atoms with Crippen molar-refractivity contribution < 1.29 is 9.63 Å². The van der Waals surface area contributed by atoms with Gasteiger partial charge in [0.1, 0.15) is 10.7 Å². The van der Waals surface area contributed by atoms with Crippen molar-refractivity contribution in [2.45, 2.75) is 6.04 Å². The van der Waals surface area contributed by atoms with Gasteiger partial charge in [-0.1, -0.05) is 0 Å². The molecule has 1 aromatic rings. The second kappa shape index (κ2) is 5.75. The molecule has 1 aliphatic heterocycles. The van der Waals surface area contributed by atoms with Crippen molar-refractivity contribution in [3.05, 3.63) is 16.1 Å². The number of piperazine rings is 1. The molecule has 0 saturated carbocycles. The monoisotopic (exact) mass is 270 g/mol. The van der Waals surface area contributed by atoms with E-state index >= 15 is 0 Å². The molecule has 1 amide bonds. The number of likely N-dealkylation sites (N-methyl/N-ethyl adjacent to an activating group) is 1. The van der Waals surface area contributed by atoms with Crippen molar-refractivity contribution in [1.82, 2.24) is 20.3 Å². The smallest absolute Gasteiger partial charge is 0.296 e. The van der Waals surface area contributed by atoms with E-state index in [2.05, 4.69) is 22.2 Å². The quantitative estimate of drug-likeness (QED) is 0.803. The summed E-state index contributed by atoms with van der Waals surface area (Å²) < 4.78 is 0. The minimum absolute atomic E-state index is 0.216. The lowest BCUT2D eigenvalue weighted by Crippen LogP contribution is -2.43. The Hall–Kier alpha value is -1.02. The van der Waals surface area contributed by atoms with Crippen LogP contribution in [-0.2, 0) is 4.84 Å². The number of rotatable bonds is 3. The van der Waals surface area contributed by atoms with E-state index < -0.39 is 0 Å². The average molecular weight is 270 g/mol. The summed E-state index contributed by atoms with van der Waals surface area (Å²) in [6.45, 7) is 2.86. The van der Waals surface area contributed by atoms with Crippen LogP contribution in [0.4, 0.5) is 0 Å². The molecule has 1 atom stereocenters. The van der Waals surface area contributed by atoms with Crippen LogP contribution in [0.15, 0.2) is 5.38 Å². The zero-order valence-corrected chi connectivity index (χ0v) is 11.7. The highest BCUT2D eigenvalue weighted by Gasteiger charge is 2.25. The topological polar surface area (TPSA) is 57.7 Å². The minimum Gasteiger partial charge on any atom is -0.313 e. The lowest BCUT2D eigenvalue weighted by Gasteiger charge is -2.31. The molecule has 1 saturated heterocycles. The lowest BCUT2D eigenvalue weighted by atomic mass is 10.2. The van der Waals surface area contributed by atoms with Crippen molar-refractivity contribution in [1.29, 1.82) is 0 Å². The van der Waals surface area contributed by atoms with Gasteiger partial charge in [-0.15, -0.1) is 11.3 Å². The highest BCUT2D eigenvalue weighted by Crippen LogP contribution is 2.24. The number of thiazole rings is 1. The maximum absolute atomic E-state index is 11.9. The Morgan fingerprint density at radius 2 is 2.50 bits per heavy atom. The van der Waals surface area contributed by atoms with Crippen LogP contribution in [-0.4, -0.2) is 61.7 Å². The van der Waals surface area contributed by atoms with Crippen LogP contribution in [0.3, 0.4) is 0 Å². The first-order chi connectivity index (χ1) is 8.63. The summed E-state index contributed by atoms with van der Waals surface area (Å²) in [4.78, 5) is 23.4. The summed E-state index contributed by atoms with van der Waals surface area (Å²) in [5.41, 5.74) is 0.443. The maximum atomic E-state index is 11.9. The first-order valence-corrected chi connectivity index (χ1v) is 6.70. The molecule has 0 aromatic carbocycles. The molecule has 0 spiro atoms. The van der Waals surface area contributed by atoms with Crippen LogP contribution in [0.1, 0.15) is 21.5 Å². The molecule has 1 unspecified atom stereocenters. The number of hydrogen-bond donors (Lipinski definition) is 1. The Morgan fingerprint density at radius 3 is 3.17 bits per heavy atom. The Balaban J connectivity index is 2.12. The van der Waals surface area contributed by atoms with Gasteiger partial charge in [0.25, 0.3) is 5.91 Å². The van der Waals surface area contributed by atoms with Gasteiger partial charge in [-0.2, -0.15) is 0 Å². The van der Waals surface area contributed by atoms with Gasteiger partial charge in [-0.05, 0) is 7.05 Å². The number of amides is 1. The molecule has 2 rings (SSSR count). The summed E-state index contributed by atoms with van der Waals surface area (Å²) >= 11 is 1.52. The Morgan fingerprint density at radius 1 is 1.72 bits per heavy atom. The standard InChI is InChI=1S/C11H18N4O2S/c1-14-5-4-12-6-9(14)10-13-8(7-18-10)11(16)15(2)17-3/h7,9,12H,4-6H2,1-3H3. The van der Waals surface area contributed by atoms with E-state index in [1.165, 1.54) is 23.5 Å². The summed E-state index contributed by atoms with van der Waals surface area (Å²) in [7, 11) is 5.12. The normalized spacial score (nSPS) is 20.9. The zero-order valence-electron chi connectivity index (χ0n) is 10.8. The van der Waals surface area contributed by atoms with Gasteiger partial charge in [0, 0.05) is 32.1 Å². The summed E-state index contributed by atoms with van der Waals surface area (Å²) in [6, 6.07) is 0.248. The van der Waals surface area contributed by atoms with E-state index in [0.717, 1.165) is 24.6 Å². The molecule has 18 heavy (non-hydrogen) atoms. The van der Waals surface area contributed by atoms with E-state index in [-0.39, 0.29) is 11.9 Å². The van der Waals surface area contributed by atoms with E-state index in [9.17, 15) is 4.79 Å². The predicted octanol–water partition coefficient (Wildman–Crippen LogP) is 0.353.